The van der Waals surface area contributed by atoms with Crippen LogP contribution in [0.2, 0.25) is 0 Å². The summed E-state index contributed by atoms with van der Waals surface area (Å²) >= 11 is 0. The van der Waals surface area contributed by atoms with E-state index in [2.05, 4.69) is 9.62 Å². The Labute approximate surface area is 121 Å². The first-order valence-electron chi connectivity index (χ1n) is 5.47. The van der Waals surface area contributed by atoms with E-state index in [1.54, 1.807) is 0 Å². The maximum absolute atomic E-state index is 12.9. The topological polar surface area (TPSA) is 55.8 Å². The van der Waals surface area contributed by atoms with E-state index in [-0.39, 0.29) is 11.9 Å². The van der Waals surface area contributed by atoms with Crippen molar-refractivity contribution in [3.8, 4) is 5.75 Å². The van der Waals surface area contributed by atoms with Crippen LogP contribution in [0.25, 0.3) is 0 Å². The van der Waals surface area contributed by atoms with Gasteiger partial charge < -0.3 is 4.74 Å². The monoisotopic (exact) mass is 328 g/mol. The summed E-state index contributed by atoms with van der Waals surface area (Å²) in [5.74, 6) is -3.99. The van der Waals surface area contributed by atoms with Gasteiger partial charge in [0.2, 0.25) is 0 Å². The molecule has 0 saturated heterocycles. The van der Waals surface area contributed by atoms with E-state index in [0.717, 1.165) is 18.2 Å². The maximum Gasteiger partial charge on any atom is 0.449 e. The molecule has 1 N–H and O–H groups in total. The molecule has 4 nitrogen and oxygen atoms in total. The summed E-state index contributed by atoms with van der Waals surface area (Å²) in [6.45, 7) is 0. The van der Waals surface area contributed by atoms with Crippen LogP contribution in [-0.4, -0.2) is 37.0 Å². The van der Waals surface area contributed by atoms with E-state index in [1.807, 2.05) is 0 Å². The van der Waals surface area contributed by atoms with Gasteiger partial charge in [0, 0.05) is 0 Å². The van der Waals surface area contributed by atoms with E-state index in [4.69, 9.17) is 13.1 Å². The average Bonchev–Trinajstić information content (AvgIpc) is 2.41. The van der Waals surface area contributed by atoms with E-state index < -0.39 is 29.7 Å². The summed E-state index contributed by atoms with van der Waals surface area (Å²) in [5, 5.41) is 8.03. The van der Waals surface area contributed by atoms with Gasteiger partial charge in [0.25, 0.3) is 0 Å². The molecule has 0 aliphatic rings. The predicted octanol–water partition coefficient (Wildman–Crippen LogP) is 2.61. The van der Waals surface area contributed by atoms with Gasteiger partial charge in [-0.05, 0) is 12.1 Å². The second kappa shape index (κ2) is 6.07. The van der Waals surface area contributed by atoms with Crippen LogP contribution in [0.5, 0.6) is 5.75 Å². The van der Waals surface area contributed by atoms with Crippen molar-refractivity contribution in [1.29, 1.82) is 0 Å². The Bertz CT molecular complexity index is 528. The second-order valence-electron chi connectivity index (χ2n) is 4.01. The zero-order chi connectivity index (χ0) is 17.2. The van der Waals surface area contributed by atoms with Crippen LogP contribution >= 0.6 is 0 Å². The van der Waals surface area contributed by atoms with Gasteiger partial charge in [-0.2, -0.15) is 31.6 Å². The lowest BCUT2D eigenvalue weighted by atomic mass is 9.97. The standard InChI is InChI=1S/C11H7BF6O4/c12-5-6-2-1-3-7(4-6)21-9(8(19)22-20,10(13,14)15)11(16,17)18/h1-4,20H,5H2. The number of hydrogen-bond donors (Lipinski definition) is 1. The number of carbonyl (C=O) groups is 1. The zero-order valence-electron chi connectivity index (χ0n) is 10.5. The lowest BCUT2D eigenvalue weighted by Crippen LogP contribution is -2.66. The fraction of sp³-hybridized carbons (Fsp3) is 0.364. The highest BCUT2D eigenvalue weighted by molar-refractivity contribution is 6.08. The van der Waals surface area contributed by atoms with Crippen LogP contribution in [-0.2, 0) is 16.0 Å². The largest absolute Gasteiger partial charge is 0.460 e. The number of carbonyl (C=O) groups excluding carboxylic acids is 1. The molecule has 0 bridgehead atoms. The van der Waals surface area contributed by atoms with Crippen LogP contribution in [0.4, 0.5) is 26.3 Å². The van der Waals surface area contributed by atoms with Gasteiger partial charge in [0.1, 0.15) is 5.75 Å². The molecular formula is C11H7BF6O4. The Morgan fingerprint density at radius 2 is 1.68 bits per heavy atom. The highest BCUT2D eigenvalue weighted by Gasteiger charge is 2.80. The Kier molecular flexibility index (Phi) is 5.01. The number of alkyl halides is 6. The number of halogens is 6. The zero-order valence-corrected chi connectivity index (χ0v) is 10.5. The fourth-order valence-corrected chi connectivity index (χ4v) is 1.53. The van der Waals surface area contributed by atoms with Crippen LogP contribution in [0.15, 0.2) is 24.3 Å². The van der Waals surface area contributed by atoms with Gasteiger partial charge >= 0.3 is 23.9 Å². The molecule has 1 rings (SSSR count). The van der Waals surface area contributed by atoms with Gasteiger partial charge in [0.15, 0.2) is 0 Å². The molecule has 1 aromatic rings. The first-order valence-corrected chi connectivity index (χ1v) is 5.47. The maximum atomic E-state index is 12.9. The minimum Gasteiger partial charge on any atom is -0.460 e. The van der Waals surface area contributed by atoms with Crippen molar-refractivity contribution < 1.29 is 46.0 Å². The van der Waals surface area contributed by atoms with Gasteiger partial charge in [-0.3, -0.25) is 4.89 Å². The average molecular weight is 328 g/mol. The first-order chi connectivity index (χ1) is 9.99. The van der Waals surface area contributed by atoms with Gasteiger partial charge in [-0.25, -0.2) is 4.79 Å². The van der Waals surface area contributed by atoms with Crippen LogP contribution < -0.4 is 4.74 Å². The Hall–Kier alpha value is -1.91. The minimum atomic E-state index is -6.25. The Morgan fingerprint density at radius 1 is 1.14 bits per heavy atom. The molecule has 0 aromatic heterocycles. The molecule has 0 saturated carbocycles. The number of hydrogen-bond acceptors (Lipinski definition) is 4. The van der Waals surface area contributed by atoms with E-state index in [1.165, 1.54) is 6.07 Å². The summed E-state index contributed by atoms with van der Waals surface area (Å²) in [7, 11) is 5.21. The number of ether oxygens (including phenoxy) is 1. The molecule has 0 heterocycles. The molecule has 0 fully saturated rings. The van der Waals surface area contributed by atoms with Gasteiger partial charge in [-0.15, -0.1) is 0 Å². The minimum absolute atomic E-state index is 0.160. The van der Waals surface area contributed by atoms with Crippen LogP contribution in [0, 0.1) is 0 Å². The predicted molar refractivity (Wildman–Crippen MR) is 60.1 cm³/mol. The summed E-state index contributed by atoms with van der Waals surface area (Å²) in [4.78, 5) is 13.7. The second-order valence-corrected chi connectivity index (χ2v) is 4.01. The molecule has 0 aliphatic heterocycles. The summed E-state index contributed by atoms with van der Waals surface area (Å²) < 4.78 is 81.3. The summed E-state index contributed by atoms with van der Waals surface area (Å²) in [6.07, 6.45) is -12.7. The van der Waals surface area contributed by atoms with Crippen molar-refractivity contribution in [2.24, 2.45) is 0 Å². The third-order valence-corrected chi connectivity index (χ3v) is 2.57. The van der Waals surface area contributed by atoms with Crippen molar-refractivity contribution in [1.82, 2.24) is 0 Å². The van der Waals surface area contributed by atoms with Crippen molar-refractivity contribution in [2.75, 3.05) is 0 Å². The molecule has 0 amide bonds. The van der Waals surface area contributed by atoms with E-state index in [0.29, 0.717) is 0 Å². The van der Waals surface area contributed by atoms with Crippen LogP contribution in [0.1, 0.15) is 5.56 Å². The molecule has 22 heavy (non-hydrogen) atoms. The quantitative estimate of drug-likeness (QED) is 0.400. The Morgan fingerprint density at radius 3 is 2.09 bits per heavy atom. The molecule has 0 aliphatic carbocycles. The fourth-order valence-electron chi connectivity index (χ4n) is 1.53. The molecule has 0 unspecified atom stereocenters. The van der Waals surface area contributed by atoms with Gasteiger partial charge in [-0.1, -0.05) is 24.0 Å². The molecule has 0 spiro atoms. The highest BCUT2D eigenvalue weighted by Crippen LogP contribution is 2.47. The highest BCUT2D eigenvalue weighted by atomic mass is 19.4. The Balaban J connectivity index is 3.46. The lowest BCUT2D eigenvalue weighted by molar-refractivity contribution is -0.362. The van der Waals surface area contributed by atoms with Crippen molar-refractivity contribution in [3.63, 3.8) is 0 Å². The molecule has 2 radical (unpaired) electrons. The third-order valence-electron chi connectivity index (χ3n) is 2.57. The first kappa shape index (κ1) is 18.1. The molecular weight excluding hydrogens is 321 g/mol. The normalized spacial score (nSPS) is 12.9. The number of rotatable bonds is 4. The summed E-state index contributed by atoms with van der Waals surface area (Å²) in [6, 6.07) is 3.95. The lowest BCUT2D eigenvalue weighted by Gasteiger charge is -2.33. The molecule has 120 valence electrons. The van der Waals surface area contributed by atoms with E-state index in [9.17, 15) is 31.1 Å². The van der Waals surface area contributed by atoms with Gasteiger partial charge in [0.05, 0.1) is 7.85 Å². The molecule has 11 heteroatoms. The van der Waals surface area contributed by atoms with Crippen LogP contribution in [0.3, 0.4) is 0 Å². The smallest absolute Gasteiger partial charge is 0.449 e. The third kappa shape index (κ3) is 3.13. The van der Waals surface area contributed by atoms with Crippen molar-refractivity contribution in [2.45, 2.75) is 24.3 Å². The summed E-state index contributed by atoms with van der Waals surface area (Å²) in [5.41, 5.74) is -5.21. The van der Waals surface area contributed by atoms with Crippen molar-refractivity contribution in [3.05, 3.63) is 29.8 Å². The van der Waals surface area contributed by atoms with Crippen molar-refractivity contribution >= 4 is 13.8 Å². The SMILES string of the molecule is [B]Cc1cccc(OC(C(=O)OO)(C(F)(F)F)C(F)(F)F)c1. The molecule has 0 atom stereocenters. The molecule has 1 aromatic carbocycles. The number of benzene rings is 1. The van der Waals surface area contributed by atoms with E-state index >= 15 is 0 Å².